The zero-order chi connectivity index (χ0) is 9.14. The highest BCUT2D eigenvalue weighted by atomic mass is 15.1. The average molecular weight is 165 g/mol. The lowest BCUT2D eigenvalue weighted by atomic mass is 10.0. The quantitative estimate of drug-likeness (QED) is 0.568. The first-order chi connectivity index (χ1) is 5.65. The molecular weight excluding hydrogens is 146 g/mol. The van der Waals surface area contributed by atoms with Gasteiger partial charge in [0, 0.05) is 19.1 Å². The van der Waals surface area contributed by atoms with Crippen molar-refractivity contribution in [3.63, 3.8) is 0 Å². The van der Waals surface area contributed by atoms with Crippen LogP contribution in [0.2, 0.25) is 0 Å². The van der Waals surface area contributed by atoms with Gasteiger partial charge < -0.3 is 0 Å². The Labute approximate surface area is 75.8 Å². The van der Waals surface area contributed by atoms with Crippen LogP contribution in [0.25, 0.3) is 0 Å². The van der Waals surface area contributed by atoms with Crippen molar-refractivity contribution in [3.8, 4) is 0 Å². The van der Waals surface area contributed by atoms with Crippen LogP contribution in [-0.2, 0) is 0 Å². The van der Waals surface area contributed by atoms with Crippen LogP contribution < -0.4 is 0 Å². The number of nitrogens with zero attached hydrogens (tertiary/aromatic N) is 1. The highest BCUT2D eigenvalue weighted by Crippen LogP contribution is 2.18. The van der Waals surface area contributed by atoms with Crippen molar-refractivity contribution in [1.29, 1.82) is 0 Å². The fourth-order valence-electron chi connectivity index (χ4n) is 1.54. The molecule has 0 fully saturated rings. The van der Waals surface area contributed by atoms with Gasteiger partial charge >= 0.3 is 0 Å². The smallest absolute Gasteiger partial charge is 0.0250 e. The van der Waals surface area contributed by atoms with Crippen molar-refractivity contribution >= 4 is 0 Å². The van der Waals surface area contributed by atoms with E-state index in [0.717, 1.165) is 6.54 Å². The van der Waals surface area contributed by atoms with E-state index in [-0.39, 0.29) is 0 Å². The molecular formula is C11H19N. The number of rotatable bonds is 2. The van der Waals surface area contributed by atoms with Crippen LogP contribution in [0.5, 0.6) is 0 Å². The fraction of sp³-hybridized carbons (Fsp3) is 0.636. The first-order valence-corrected chi connectivity index (χ1v) is 4.67. The predicted octanol–water partition coefficient (Wildman–Crippen LogP) is 2.60. The molecule has 0 aromatic heterocycles. The lowest BCUT2D eigenvalue weighted by molar-refractivity contribution is 0.252. The van der Waals surface area contributed by atoms with Crippen molar-refractivity contribution in [2.75, 3.05) is 13.1 Å². The van der Waals surface area contributed by atoms with Crippen molar-refractivity contribution < 1.29 is 0 Å². The van der Waals surface area contributed by atoms with Gasteiger partial charge in [-0.25, -0.2) is 0 Å². The molecule has 0 aromatic rings. The summed E-state index contributed by atoms with van der Waals surface area (Å²) in [5.41, 5.74) is 3.11. The molecule has 1 nitrogen and oxygen atoms in total. The van der Waals surface area contributed by atoms with Gasteiger partial charge in [0.2, 0.25) is 0 Å². The normalized spacial score (nSPS) is 22.6. The van der Waals surface area contributed by atoms with Gasteiger partial charge in [0.25, 0.3) is 0 Å². The van der Waals surface area contributed by atoms with E-state index in [1.807, 2.05) is 6.08 Å². The first-order valence-electron chi connectivity index (χ1n) is 4.67. The summed E-state index contributed by atoms with van der Waals surface area (Å²) >= 11 is 0. The zero-order valence-electron chi connectivity index (χ0n) is 8.43. The number of hydrogen-bond acceptors (Lipinski definition) is 1. The Hall–Kier alpha value is -0.560. The Morgan fingerprint density at radius 1 is 1.42 bits per heavy atom. The van der Waals surface area contributed by atoms with E-state index in [4.69, 9.17) is 0 Å². The third kappa shape index (κ3) is 1.98. The van der Waals surface area contributed by atoms with Gasteiger partial charge in [-0.15, -0.1) is 6.58 Å². The monoisotopic (exact) mass is 165 g/mol. The van der Waals surface area contributed by atoms with E-state index >= 15 is 0 Å². The highest BCUT2D eigenvalue weighted by molar-refractivity contribution is 5.15. The van der Waals surface area contributed by atoms with Crippen LogP contribution >= 0.6 is 0 Å². The lowest BCUT2D eigenvalue weighted by Crippen LogP contribution is -2.36. The van der Waals surface area contributed by atoms with Crippen molar-refractivity contribution in [2.24, 2.45) is 0 Å². The molecule has 0 bridgehead atoms. The van der Waals surface area contributed by atoms with Crippen LogP contribution in [0, 0.1) is 0 Å². The maximum Gasteiger partial charge on any atom is 0.0250 e. The molecule has 68 valence electrons. The molecule has 0 saturated carbocycles. The molecule has 1 aliphatic heterocycles. The molecule has 1 unspecified atom stereocenters. The van der Waals surface area contributed by atoms with E-state index in [9.17, 15) is 0 Å². The molecule has 0 N–H and O–H groups in total. The van der Waals surface area contributed by atoms with Crippen LogP contribution in [0.1, 0.15) is 27.2 Å². The van der Waals surface area contributed by atoms with Crippen LogP contribution in [-0.4, -0.2) is 24.0 Å². The molecule has 0 radical (unpaired) electrons. The minimum atomic E-state index is 0.521. The van der Waals surface area contributed by atoms with Gasteiger partial charge in [-0.2, -0.15) is 0 Å². The summed E-state index contributed by atoms with van der Waals surface area (Å²) in [7, 11) is 0. The summed E-state index contributed by atoms with van der Waals surface area (Å²) in [5, 5.41) is 0. The van der Waals surface area contributed by atoms with Crippen molar-refractivity contribution in [2.45, 2.75) is 33.2 Å². The van der Waals surface area contributed by atoms with Crippen molar-refractivity contribution in [3.05, 3.63) is 23.8 Å². The molecule has 0 aliphatic carbocycles. The summed E-state index contributed by atoms with van der Waals surface area (Å²) in [5.74, 6) is 0. The summed E-state index contributed by atoms with van der Waals surface area (Å²) in [6.45, 7) is 12.8. The highest BCUT2D eigenvalue weighted by Gasteiger charge is 2.16. The second kappa shape index (κ2) is 3.90. The molecule has 12 heavy (non-hydrogen) atoms. The number of hydrogen-bond donors (Lipinski definition) is 0. The van der Waals surface area contributed by atoms with E-state index in [2.05, 4.69) is 32.3 Å². The SMILES string of the molecule is C=CC(C)N1CCC(C)=C(C)C1. The third-order valence-corrected chi connectivity index (χ3v) is 2.86. The Morgan fingerprint density at radius 2 is 2.08 bits per heavy atom. The summed E-state index contributed by atoms with van der Waals surface area (Å²) in [6, 6.07) is 0.521. The second-order valence-electron chi connectivity index (χ2n) is 3.76. The molecule has 1 rings (SSSR count). The Balaban J connectivity index is 2.60. The summed E-state index contributed by atoms with van der Waals surface area (Å²) in [6.07, 6.45) is 3.25. The molecule has 1 atom stereocenters. The Kier molecular flexibility index (Phi) is 3.10. The standard InChI is InChI=1S/C11H19N/c1-5-11(4)12-7-6-9(2)10(3)8-12/h5,11H,1,6-8H2,2-4H3. The molecule has 0 spiro atoms. The van der Waals surface area contributed by atoms with E-state index in [0.29, 0.717) is 6.04 Å². The summed E-state index contributed by atoms with van der Waals surface area (Å²) in [4.78, 5) is 2.47. The maximum atomic E-state index is 3.82. The average Bonchev–Trinajstić information content (AvgIpc) is 2.08. The Morgan fingerprint density at radius 3 is 2.58 bits per heavy atom. The minimum absolute atomic E-state index is 0.521. The van der Waals surface area contributed by atoms with Crippen molar-refractivity contribution in [1.82, 2.24) is 4.90 Å². The first kappa shape index (κ1) is 9.53. The lowest BCUT2D eigenvalue weighted by Gasteiger charge is -2.32. The van der Waals surface area contributed by atoms with Gasteiger partial charge in [-0.1, -0.05) is 17.2 Å². The van der Waals surface area contributed by atoms with Crippen LogP contribution in [0.4, 0.5) is 0 Å². The molecule has 0 amide bonds. The van der Waals surface area contributed by atoms with Gasteiger partial charge in [0.15, 0.2) is 0 Å². The topological polar surface area (TPSA) is 3.24 Å². The Bertz CT molecular complexity index is 203. The molecule has 1 aliphatic rings. The molecule has 1 heteroatoms. The van der Waals surface area contributed by atoms with Gasteiger partial charge in [-0.05, 0) is 27.2 Å². The largest absolute Gasteiger partial charge is 0.293 e. The maximum absolute atomic E-state index is 3.82. The zero-order valence-corrected chi connectivity index (χ0v) is 8.43. The van der Waals surface area contributed by atoms with E-state index in [1.165, 1.54) is 18.5 Å². The fourth-order valence-corrected chi connectivity index (χ4v) is 1.54. The van der Waals surface area contributed by atoms with Crippen LogP contribution in [0.15, 0.2) is 23.8 Å². The second-order valence-corrected chi connectivity index (χ2v) is 3.76. The summed E-state index contributed by atoms with van der Waals surface area (Å²) < 4.78 is 0. The van der Waals surface area contributed by atoms with E-state index < -0.39 is 0 Å². The third-order valence-electron chi connectivity index (χ3n) is 2.86. The molecule has 1 heterocycles. The molecule has 0 aromatic carbocycles. The van der Waals surface area contributed by atoms with Gasteiger partial charge in [0.1, 0.15) is 0 Å². The minimum Gasteiger partial charge on any atom is -0.293 e. The van der Waals surface area contributed by atoms with E-state index in [1.54, 1.807) is 5.57 Å². The van der Waals surface area contributed by atoms with Gasteiger partial charge in [-0.3, -0.25) is 4.90 Å². The molecule has 0 saturated heterocycles. The van der Waals surface area contributed by atoms with Crippen LogP contribution in [0.3, 0.4) is 0 Å². The van der Waals surface area contributed by atoms with Gasteiger partial charge in [0.05, 0.1) is 0 Å². The predicted molar refractivity (Wildman–Crippen MR) is 54.2 cm³/mol.